The summed E-state index contributed by atoms with van der Waals surface area (Å²) in [5, 5.41) is 7.57. The number of amidine groups is 1. The summed E-state index contributed by atoms with van der Waals surface area (Å²) in [5.41, 5.74) is 7.26. The molecule has 4 nitrogen and oxygen atoms in total. The van der Waals surface area contributed by atoms with Gasteiger partial charge < -0.3 is 10.6 Å². The van der Waals surface area contributed by atoms with E-state index in [0.717, 1.165) is 23.0 Å². The molecule has 19 heavy (non-hydrogen) atoms. The Bertz CT molecular complexity index is 461. The Morgan fingerprint density at radius 3 is 2.53 bits per heavy atom. The Kier molecular flexibility index (Phi) is 4.08. The lowest BCUT2D eigenvalue weighted by molar-refractivity contribution is 0.340. The van der Waals surface area contributed by atoms with Crippen LogP contribution in [0.25, 0.3) is 0 Å². The maximum absolute atomic E-state index is 7.57. The first-order valence-corrected chi connectivity index (χ1v) is 7.03. The highest BCUT2D eigenvalue weighted by atomic mass is 15.2. The Hall–Kier alpha value is -1.58. The standard InChI is InChI=1S/C15H24N4/c1-10-4-6-13(7-5-10)19(3)14-9-12(15(16)17)8-11(2)18-14/h8-10,13H,4-7H2,1-3H3,(H3,16,17). The summed E-state index contributed by atoms with van der Waals surface area (Å²) >= 11 is 0. The molecule has 0 saturated heterocycles. The average Bonchev–Trinajstić information content (AvgIpc) is 2.38. The van der Waals surface area contributed by atoms with E-state index in [-0.39, 0.29) is 5.84 Å². The van der Waals surface area contributed by atoms with E-state index in [2.05, 4.69) is 23.9 Å². The predicted molar refractivity (Wildman–Crippen MR) is 79.8 cm³/mol. The number of rotatable bonds is 3. The van der Waals surface area contributed by atoms with Crippen LogP contribution in [0.15, 0.2) is 12.1 Å². The SMILES string of the molecule is Cc1cc(C(=N)N)cc(N(C)C2CCC(C)CC2)n1. The van der Waals surface area contributed by atoms with Gasteiger partial charge in [0.1, 0.15) is 11.7 Å². The van der Waals surface area contributed by atoms with Crippen molar-refractivity contribution in [2.45, 2.75) is 45.6 Å². The minimum atomic E-state index is 0.109. The van der Waals surface area contributed by atoms with E-state index in [4.69, 9.17) is 11.1 Å². The zero-order valence-corrected chi connectivity index (χ0v) is 12.1. The summed E-state index contributed by atoms with van der Waals surface area (Å²) in [6, 6.07) is 4.35. The maximum atomic E-state index is 7.57. The number of aryl methyl sites for hydroxylation is 1. The Morgan fingerprint density at radius 1 is 1.32 bits per heavy atom. The molecule has 1 saturated carbocycles. The van der Waals surface area contributed by atoms with Gasteiger partial charge in [-0.3, -0.25) is 5.41 Å². The van der Waals surface area contributed by atoms with E-state index in [1.54, 1.807) is 0 Å². The first-order chi connectivity index (χ1) is 8.97. The Morgan fingerprint density at radius 2 is 1.95 bits per heavy atom. The lowest BCUT2D eigenvalue weighted by atomic mass is 9.87. The summed E-state index contributed by atoms with van der Waals surface area (Å²) in [5.74, 6) is 1.89. The number of nitrogens with two attached hydrogens (primary N) is 1. The molecule has 1 aromatic heterocycles. The fourth-order valence-electron chi connectivity index (χ4n) is 2.80. The van der Waals surface area contributed by atoms with Gasteiger partial charge in [-0.2, -0.15) is 0 Å². The van der Waals surface area contributed by atoms with Gasteiger partial charge in [-0.1, -0.05) is 6.92 Å². The molecule has 2 rings (SSSR count). The van der Waals surface area contributed by atoms with Gasteiger partial charge in [0.15, 0.2) is 0 Å². The zero-order chi connectivity index (χ0) is 14.0. The lowest BCUT2D eigenvalue weighted by Crippen LogP contribution is -2.35. The van der Waals surface area contributed by atoms with Crippen molar-refractivity contribution >= 4 is 11.7 Å². The molecular formula is C15H24N4. The highest BCUT2D eigenvalue weighted by molar-refractivity contribution is 5.95. The summed E-state index contributed by atoms with van der Waals surface area (Å²) in [6.07, 6.45) is 5.03. The number of hydrogen-bond donors (Lipinski definition) is 2. The third-order valence-corrected chi connectivity index (χ3v) is 4.15. The molecule has 1 fully saturated rings. The van der Waals surface area contributed by atoms with E-state index < -0.39 is 0 Å². The Balaban J connectivity index is 2.18. The number of pyridine rings is 1. The van der Waals surface area contributed by atoms with Crippen molar-refractivity contribution in [1.82, 2.24) is 4.98 Å². The first kappa shape index (κ1) is 13.8. The van der Waals surface area contributed by atoms with Gasteiger partial charge in [0.25, 0.3) is 0 Å². The van der Waals surface area contributed by atoms with Crippen molar-refractivity contribution in [3.05, 3.63) is 23.4 Å². The molecule has 0 aliphatic heterocycles. The van der Waals surface area contributed by atoms with E-state index in [9.17, 15) is 0 Å². The van der Waals surface area contributed by atoms with Crippen LogP contribution in [0.5, 0.6) is 0 Å². The number of nitrogens with one attached hydrogen (secondary N) is 1. The zero-order valence-electron chi connectivity index (χ0n) is 12.1. The van der Waals surface area contributed by atoms with Crippen LogP contribution in [-0.2, 0) is 0 Å². The van der Waals surface area contributed by atoms with Crippen LogP contribution in [0.4, 0.5) is 5.82 Å². The fraction of sp³-hybridized carbons (Fsp3) is 0.600. The minimum Gasteiger partial charge on any atom is -0.384 e. The van der Waals surface area contributed by atoms with Gasteiger partial charge in [-0.05, 0) is 50.7 Å². The molecule has 0 spiro atoms. The second-order valence-corrected chi connectivity index (χ2v) is 5.79. The molecule has 4 heteroatoms. The van der Waals surface area contributed by atoms with Gasteiger partial charge in [-0.25, -0.2) is 4.98 Å². The monoisotopic (exact) mass is 260 g/mol. The van der Waals surface area contributed by atoms with Gasteiger partial charge in [0.05, 0.1) is 0 Å². The number of aromatic nitrogens is 1. The number of nitrogens with zero attached hydrogens (tertiary/aromatic N) is 2. The molecule has 104 valence electrons. The van der Waals surface area contributed by atoms with Crippen molar-refractivity contribution < 1.29 is 0 Å². The lowest BCUT2D eigenvalue weighted by Gasteiger charge is -2.34. The molecule has 0 atom stereocenters. The topological polar surface area (TPSA) is 66.0 Å². The molecule has 0 bridgehead atoms. The van der Waals surface area contributed by atoms with Gasteiger partial charge in [0.2, 0.25) is 0 Å². The molecule has 1 aliphatic carbocycles. The molecule has 0 radical (unpaired) electrons. The van der Waals surface area contributed by atoms with Gasteiger partial charge in [0, 0.05) is 24.3 Å². The van der Waals surface area contributed by atoms with Crippen molar-refractivity contribution in [2.75, 3.05) is 11.9 Å². The van der Waals surface area contributed by atoms with Crippen molar-refractivity contribution in [1.29, 1.82) is 5.41 Å². The van der Waals surface area contributed by atoms with Crippen LogP contribution in [0.2, 0.25) is 0 Å². The van der Waals surface area contributed by atoms with Crippen LogP contribution in [0.3, 0.4) is 0 Å². The molecule has 0 aromatic carbocycles. The first-order valence-electron chi connectivity index (χ1n) is 7.03. The summed E-state index contributed by atoms with van der Waals surface area (Å²) in [6.45, 7) is 4.28. The fourth-order valence-corrected chi connectivity index (χ4v) is 2.80. The van der Waals surface area contributed by atoms with Crippen molar-refractivity contribution in [3.63, 3.8) is 0 Å². The largest absolute Gasteiger partial charge is 0.384 e. The molecule has 0 amide bonds. The normalized spacial score (nSPS) is 23.1. The third kappa shape index (κ3) is 3.25. The smallest absolute Gasteiger partial charge is 0.129 e. The summed E-state index contributed by atoms with van der Waals surface area (Å²) in [7, 11) is 2.10. The second-order valence-electron chi connectivity index (χ2n) is 5.79. The third-order valence-electron chi connectivity index (χ3n) is 4.15. The number of nitrogen functional groups attached to an aromatic ring is 1. The maximum Gasteiger partial charge on any atom is 0.129 e. The molecule has 3 N–H and O–H groups in total. The highest BCUT2D eigenvalue weighted by Crippen LogP contribution is 2.29. The van der Waals surface area contributed by atoms with Crippen LogP contribution in [-0.4, -0.2) is 23.9 Å². The van der Waals surface area contributed by atoms with Crippen LogP contribution in [0.1, 0.15) is 43.9 Å². The number of anilines is 1. The average molecular weight is 260 g/mol. The van der Waals surface area contributed by atoms with Gasteiger partial charge in [-0.15, -0.1) is 0 Å². The minimum absolute atomic E-state index is 0.109. The summed E-state index contributed by atoms with van der Waals surface area (Å²) < 4.78 is 0. The second kappa shape index (κ2) is 5.59. The van der Waals surface area contributed by atoms with E-state index in [1.165, 1.54) is 25.7 Å². The molecule has 1 heterocycles. The quantitative estimate of drug-likeness (QED) is 0.648. The number of hydrogen-bond acceptors (Lipinski definition) is 3. The molecule has 1 aliphatic rings. The van der Waals surface area contributed by atoms with Crippen LogP contribution in [0, 0.1) is 18.3 Å². The van der Waals surface area contributed by atoms with Crippen molar-refractivity contribution in [3.8, 4) is 0 Å². The molecule has 0 unspecified atom stereocenters. The molecular weight excluding hydrogens is 236 g/mol. The van der Waals surface area contributed by atoms with E-state index in [1.807, 2.05) is 19.1 Å². The van der Waals surface area contributed by atoms with E-state index >= 15 is 0 Å². The van der Waals surface area contributed by atoms with Crippen LogP contribution < -0.4 is 10.6 Å². The van der Waals surface area contributed by atoms with Crippen LogP contribution >= 0.6 is 0 Å². The van der Waals surface area contributed by atoms with Crippen molar-refractivity contribution in [2.24, 2.45) is 11.7 Å². The predicted octanol–water partition coefficient (Wildman–Crippen LogP) is 2.69. The van der Waals surface area contributed by atoms with Gasteiger partial charge >= 0.3 is 0 Å². The highest BCUT2D eigenvalue weighted by Gasteiger charge is 2.22. The Labute approximate surface area is 115 Å². The molecule has 1 aromatic rings. The summed E-state index contributed by atoms with van der Waals surface area (Å²) in [4.78, 5) is 6.84. The van der Waals surface area contributed by atoms with E-state index in [0.29, 0.717) is 6.04 Å².